The number of hydrogen-bond acceptors (Lipinski definition) is 6. The molecule has 1 saturated carbocycles. The van der Waals surface area contributed by atoms with Crippen LogP contribution in [0.5, 0.6) is 0 Å². The Balaban J connectivity index is 1.39. The van der Waals surface area contributed by atoms with Crippen LogP contribution in [0.15, 0.2) is 36.7 Å². The second-order valence-electron chi connectivity index (χ2n) is 9.89. The number of pyridine rings is 1. The molecule has 170 valence electrons. The van der Waals surface area contributed by atoms with Crippen molar-refractivity contribution in [1.82, 2.24) is 9.71 Å². The highest BCUT2D eigenvalue weighted by Gasteiger charge is 2.38. The maximum atomic E-state index is 12.6. The third-order valence-corrected chi connectivity index (χ3v) is 8.69. The Bertz CT molecular complexity index is 1150. The van der Waals surface area contributed by atoms with Crippen LogP contribution in [-0.4, -0.2) is 37.6 Å². The van der Waals surface area contributed by atoms with Gasteiger partial charge in [-0.25, -0.2) is 13.1 Å². The number of carbonyl (C=O) groups excluding carboxylic acids is 1. The number of fused-ring (bicyclic) bond motifs is 1. The molecule has 1 atom stereocenters. The summed E-state index contributed by atoms with van der Waals surface area (Å²) in [5.41, 5.74) is 4.51. The predicted molar refractivity (Wildman–Crippen MR) is 126 cm³/mol. The Hall–Kier alpha value is -2.61. The molecule has 2 N–H and O–H groups in total. The number of rotatable bonds is 5. The number of amides is 1. The molecule has 1 aromatic heterocycles. The van der Waals surface area contributed by atoms with E-state index < -0.39 is 21.2 Å². The molecular weight excluding hydrogens is 424 g/mol. The summed E-state index contributed by atoms with van der Waals surface area (Å²) in [6, 6.07) is 7.76. The monoisotopic (exact) mass is 454 g/mol. The van der Waals surface area contributed by atoms with E-state index in [1.165, 1.54) is 18.5 Å². The summed E-state index contributed by atoms with van der Waals surface area (Å²) >= 11 is 0. The van der Waals surface area contributed by atoms with Gasteiger partial charge in [-0.3, -0.25) is 9.78 Å². The van der Waals surface area contributed by atoms with Crippen molar-refractivity contribution in [3.05, 3.63) is 53.3 Å². The van der Waals surface area contributed by atoms with Gasteiger partial charge in [0.1, 0.15) is 0 Å². The lowest BCUT2D eigenvalue weighted by atomic mass is 9.74. The van der Waals surface area contributed by atoms with Crippen molar-refractivity contribution in [3.8, 4) is 0 Å². The van der Waals surface area contributed by atoms with Gasteiger partial charge in [0, 0.05) is 30.5 Å². The molecule has 1 unspecified atom stereocenters. The lowest BCUT2D eigenvalue weighted by Crippen LogP contribution is -2.34. The third kappa shape index (κ3) is 4.08. The molecule has 1 saturated heterocycles. The van der Waals surface area contributed by atoms with Gasteiger partial charge < -0.3 is 10.2 Å². The van der Waals surface area contributed by atoms with Crippen molar-refractivity contribution in [1.29, 1.82) is 0 Å². The van der Waals surface area contributed by atoms with E-state index in [9.17, 15) is 13.2 Å². The van der Waals surface area contributed by atoms with Crippen LogP contribution in [0.25, 0.3) is 0 Å². The summed E-state index contributed by atoms with van der Waals surface area (Å²) in [7, 11) is -3.57. The van der Waals surface area contributed by atoms with Crippen molar-refractivity contribution >= 4 is 27.3 Å². The number of aromatic nitrogens is 1. The first-order valence-electron chi connectivity index (χ1n) is 11.4. The van der Waals surface area contributed by atoms with Gasteiger partial charge in [0.15, 0.2) is 0 Å². The zero-order chi connectivity index (χ0) is 22.5. The molecule has 8 heteroatoms. The average Bonchev–Trinajstić information content (AvgIpc) is 3.49. The topological polar surface area (TPSA) is 91.4 Å². The molecule has 2 fully saturated rings. The fourth-order valence-electron chi connectivity index (χ4n) is 4.87. The highest BCUT2D eigenvalue weighted by atomic mass is 32.2. The molecule has 2 aromatic rings. The van der Waals surface area contributed by atoms with E-state index in [0.29, 0.717) is 18.4 Å². The minimum atomic E-state index is -3.57. The molecule has 3 aliphatic rings. The van der Waals surface area contributed by atoms with Crippen molar-refractivity contribution in [2.75, 3.05) is 23.3 Å². The second kappa shape index (κ2) is 7.76. The Morgan fingerprint density at radius 3 is 2.62 bits per heavy atom. The van der Waals surface area contributed by atoms with E-state index in [4.69, 9.17) is 0 Å². The van der Waals surface area contributed by atoms with Crippen molar-refractivity contribution in [2.45, 2.75) is 62.7 Å². The number of nitrogens with one attached hydrogen (secondary N) is 2. The first kappa shape index (κ1) is 21.2. The minimum Gasteiger partial charge on any atom is -0.378 e. The van der Waals surface area contributed by atoms with Gasteiger partial charge in [-0.1, -0.05) is 13.8 Å². The van der Waals surface area contributed by atoms with E-state index in [-0.39, 0.29) is 11.5 Å². The van der Waals surface area contributed by atoms with E-state index in [2.05, 4.69) is 39.8 Å². The summed E-state index contributed by atoms with van der Waals surface area (Å²) in [6.45, 7) is 6.50. The Labute approximate surface area is 189 Å². The summed E-state index contributed by atoms with van der Waals surface area (Å²) in [5, 5.41) is 3.20. The van der Waals surface area contributed by atoms with Crippen molar-refractivity contribution in [3.63, 3.8) is 0 Å². The zero-order valence-corrected chi connectivity index (χ0v) is 19.4. The quantitative estimate of drug-likeness (QED) is 0.715. The average molecular weight is 455 g/mol. The smallest absolute Gasteiger partial charge is 0.264 e. The van der Waals surface area contributed by atoms with E-state index in [1.807, 2.05) is 24.5 Å². The van der Waals surface area contributed by atoms with Crippen LogP contribution < -0.4 is 14.9 Å². The van der Waals surface area contributed by atoms with Gasteiger partial charge in [-0.05, 0) is 72.9 Å². The van der Waals surface area contributed by atoms with Gasteiger partial charge >= 0.3 is 0 Å². The molecule has 1 amide bonds. The van der Waals surface area contributed by atoms with Crippen LogP contribution in [0.4, 0.5) is 11.4 Å². The molecule has 5 rings (SSSR count). The molecule has 32 heavy (non-hydrogen) atoms. The molecular formula is C24H30N4O3S. The largest absolute Gasteiger partial charge is 0.378 e. The summed E-state index contributed by atoms with van der Waals surface area (Å²) in [5.74, 6) is -0.555. The standard InChI is InChI=1S/C24H30N4O3S/c1-24(2)13-22(17-11-18(15-25-14-17)28-9-3-4-10-28)26-21-8-5-16(12-20(21)24)23(29)27-32(30,31)19-6-7-19/h5,8,11-12,14-15,19,22,26H,3-4,6-7,9-10,13H2,1-2H3,(H,27,29). The van der Waals surface area contributed by atoms with Gasteiger partial charge in [-0.15, -0.1) is 0 Å². The number of benzene rings is 1. The fourth-order valence-corrected chi connectivity index (χ4v) is 6.16. The number of anilines is 2. The molecule has 0 spiro atoms. The summed E-state index contributed by atoms with van der Waals surface area (Å²) < 4.78 is 26.6. The minimum absolute atomic E-state index is 0.113. The maximum Gasteiger partial charge on any atom is 0.264 e. The Kier molecular flexibility index (Phi) is 5.15. The highest BCUT2D eigenvalue weighted by molar-refractivity contribution is 7.91. The van der Waals surface area contributed by atoms with Crippen LogP contribution in [0, 0.1) is 0 Å². The Morgan fingerprint density at radius 1 is 1.16 bits per heavy atom. The molecule has 7 nitrogen and oxygen atoms in total. The van der Waals surface area contributed by atoms with E-state index >= 15 is 0 Å². The van der Waals surface area contributed by atoms with Gasteiger partial charge in [0.25, 0.3) is 5.91 Å². The number of carbonyl (C=O) groups is 1. The lowest BCUT2D eigenvalue weighted by Gasteiger charge is -2.39. The highest BCUT2D eigenvalue weighted by Crippen LogP contribution is 2.44. The Morgan fingerprint density at radius 2 is 1.91 bits per heavy atom. The maximum absolute atomic E-state index is 12.6. The van der Waals surface area contributed by atoms with Gasteiger partial charge in [0.2, 0.25) is 10.0 Å². The SMILES string of the molecule is CC1(C)CC(c2cncc(N3CCCC3)c2)Nc2ccc(C(=O)NS(=O)(=O)C3CC3)cc21. The van der Waals surface area contributed by atoms with Crippen molar-refractivity contribution < 1.29 is 13.2 Å². The molecule has 1 aromatic carbocycles. The van der Waals surface area contributed by atoms with Gasteiger partial charge in [-0.2, -0.15) is 0 Å². The number of sulfonamides is 1. The molecule has 0 radical (unpaired) electrons. The van der Waals surface area contributed by atoms with Crippen LogP contribution in [0.1, 0.15) is 73.5 Å². The number of hydrogen-bond donors (Lipinski definition) is 2. The molecule has 0 bridgehead atoms. The van der Waals surface area contributed by atoms with Crippen LogP contribution in [0.3, 0.4) is 0 Å². The van der Waals surface area contributed by atoms with Crippen LogP contribution in [0.2, 0.25) is 0 Å². The normalized spacial score (nSPS) is 22.2. The summed E-state index contributed by atoms with van der Waals surface area (Å²) in [4.78, 5) is 19.5. The molecule has 2 aliphatic heterocycles. The molecule has 3 heterocycles. The first-order chi connectivity index (χ1) is 15.2. The first-order valence-corrected chi connectivity index (χ1v) is 12.9. The predicted octanol–water partition coefficient (Wildman–Crippen LogP) is 3.74. The fraction of sp³-hybridized carbons (Fsp3) is 0.500. The summed E-state index contributed by atoms with van der Waals surface area (Å²) in [6.07, 6.45) is 8.42. The van der Waals surface area contributed by atoms with E-state index in [1.54, 1.807) is 6.07 Å². The molecule has 1 aliphatic carbocycles. The lowest BCUT2D eigenvalue weighted by molar-refractivity contribution is 0.0981. The zero-order valence-electron chi connectivity index (χ0n) is 18.6. The number of nitrogens with zero attached hydrogens (tertiary/aromatic N) is 2. The van der Waals surface area contributed by atoms with Crippen LogP contribution >= 0.6 is 0 Å². The van der Waals surface area contributed by atoms with Crippen LogP contribution in [-0.2, 0) is 15.4 Å². The van der Waals surface area contributed by atoms with Gasteiger partial charge in [0.05, 0.1) is 23.2 Å². The third-order valence-electron chi connectivity index (χ3n) is 6.87. The van der Waals surface area contributed by atoms with Crippen molar-refractivity contribution in [2.24, 2.45) is 0 Å². The second-order valence-corrected chi connectivity index (χ2v) is 11.9. The van der Waals surface area contributed by atoms with E-state index in [0.717, 1.165) is 36.3 Å².